The predicted octanol–water partition coefficient (Wildman–Crippen LogP) is 4.02. The molecule has 0 aliphatic heterocycles. The number of para-hydroxylation sites is 1. The third kappa shape index (κ3) is 4.32. The van der Waals surface area contributed by atoms with Crippen LogP contribution >= 0.6 is 0 Å². The van der Waals surface area contributed by atoms with Crippen LogP contribution in [-0.4, -0.2) is 35.0 Å². The van der Waals surface area contributed by atoms with Gasteiger partial charge in [0, 0.05) is 11.3 Å². The molecule has 0 unspecified atom stereocenters. The Morgan fingerprint density at radius 1 is 1.00 bits per heavy atom. The average molecular weight is 428 g/mol. The van der Waals surface area contributed by atoms with E-state index < -0.39 is 0 Å². The number of fused-ring (bicyclic) bond motifs is 1. The molecule has 2 N–H and O–H groups in total. The van der Waals surface area contributed by atoms with E-state index in [1.807, 2.05) is 66.9 Å². The molecule has 7 nitrogen and oxygen atoms in total. The maximum Gasteiger partial charge on any atom is 0.251 e. The number of rotatable bonds is 6. The minimum atomic E-state index is -0.342. The summed E-state index contributed by atoms with van der Waals surface area (Å²) in [5.74, 6) is 0.707. The SMILES string of the molecule is COc1ccc(C)cc1NC(=O)CNC(=O)c1ccc2c(c1)nc(C)n2-c1ccccc1. The highest BCUT2D eigenvalue weighted by atomic mass is 16.5. The Kier molecular flexibility index (Phi) is 5.89. The number of aryl methyl sites for hydroxylation is 2. The van der Waals surface area contributed by atoms with Crippen LogP contribution in [0.3, 0.4) is 0 Å². The fourth-order valence-corrected chi connectivity index (χ4v) is 3.62. The summed E-state index contributed by atoms with van der Waals surface area (Å²) in [4.78, 5) is 29.6. The monoisotopic (exact) mass is 428 g/mol. The molecule has 2 amide bonds. The van der Waals surface area contributed by atoms with E-state index in [0.717, 1.165) is 22.6 Å². The zero-order valence-electron chi connectivity index (χ0n) is 18.2. The molecule has 0 aliphatic carbocycles. The Morgan fingerprint density at radius 2 is 1.78 bits per heavy atom. The van der Waals surface area contributed by atoms with Crippen molar-refractivity contribution in [1.29, 1.82) is 0 Å². The Balaban J connectivity index is 1.46. The van der Waals surface area contributed by atoms with Crippen LogP contribution in [0.5, 0.6) is 5.75 Å². The van der Waals surface area contributed by atoms with Crippen LogP contribution in [-0.2, 0) is 4.79 Å². The number of carbonyl (C=O) groups excluding carboxylic acids is 2. The molecule has 32 heavy (non-hydrogen) atoms. The summed E-state index contributed by atoms with van der Waals surface area (Å²) in [5, 5.41) is 5.44. The van der Waals surface area contributed by atoms with Gasteiger partial charge in [-0.05, 0) is 61.9 Å². The first-order valence-corrected chi connectivity index (χ1v) is 10.2. The van der Waals surface area contributed by atoms with Crippen molar-refractivity contribution in [1.82, 2.24) is 14.9 Å². The second-order valence-corrected chi connectivity index (χ2v) is 7.47. The van der Waals surface area contributed by atoms with Gasteiger partial charge in [0.2, 0.25) is 5.91 Å². The summed E-state index contributed by atoms with van der Waals surface area (Å²) in [7, 11) is 1.54. The topological polar surface area (TPSA) is 85.2 Å². The molecule has 1 heterocycles. The standard InChI is InChI=1S/C25H24N4O3/c1-16-9-12-23(32-3)21(13-16)28-24(30)15-26-25(31)18-10-11-22-20(14-18)27-17(2)29(22)19-7-5-4-6-8-19/h4-14H,15H2,1-3H3,(H,26,31)(H,28,30). The molecule has 4 aromatic rings. The lowest BCUT2D eigenvalue weighted by atomic mass is 10.2. The minimum Gasteiger partial charge on any atom is -0.495 e. The van der Waals surface area contributed by atoms with Gasteiger partial charge >= 0.3 is 0 Å². The van der Waals surface area contributed by atoms with Crippen molar-refractivity contribution in [3.63, 3.8) is 0 Å². The van der Waals surface area contributed by atoms with E-state index in [4.69, 9.17) is 4.74 Å². The summed E-state index contributed by atoms with van der Waals surface area (Å²) in [5.41, 5.74) is 4.63. The van der Waals surface area contributed by atoms with Crippen molar-refractivity contribution in [2.24, 2.45) is 0 Å². The Morgan fingerprint density at radius 3 is 2.53 bits per heavy atom. The molecular formula is C25H24N4O3. The summed E-state index contributed by atoms with van der Waals surface area (Å²) in [6.07, 6.45) is 0. The molecule has 4 rings (SSSR count). The maximum absolute atomic E-state index is 12.6. The quantitative estimate of drug-likeness (QED) is 0.486. The summed E-state index contributed by atoms with van der Waals surface area (Å²) in [6, 6.07) is 20.8. The highest BCUT2D eigenvalue weighted by Crippen LogP contribution is 2.25. The van der Waals surface area contributed by atoms with Gasteiger partial charge in [-0.3, -0.25) is 14.2 Å². The molecule has 0 atom stereocenters. The molecular weight excluding hydrogens is 404 g/mol. The van der Waals surface area contributed by atoms with Gasteiger partial charge in [-0.1, -0.05) is 24.3 Å². The molecule has 0 fully saturated rings. The third-order valence-electron chi connectivity index (χ3n) is 5.14. The highest BCUT2D eigenvalue weighted by Gasteiger charge is 2.14. The van der Waals surface area contributed by atoms with E-state index in [2.05, 4.69) is 15.6 Å². The fourth-order valence-electron chi connectivity index (χ4n) is 3.62. The number of carbonyl (C=O) groups is 2. The van der Waals surface area contributed by atoms with E-state index >= 15 is 0 Å². The van der Waals surface area contributed by atoms with Gasteiger partial charge in [-0.2, -0.15) is 0 Å². The van der Waals surface area contributed by atoms with Gasteiger partial charge in [-0.25, -0.2) is 4.98 Å². The van der Waals surface area contributed by atoms with Crippen molar-refractivity contribution >= 4 is 28.5 Å². The van der Waals surface area contributed by atoms with Crippen molar-refractivity contribution in [3.05, 3.63) is 83.7 Å². The van der Waals surface area contributed by atoms with Crippen LogP contribution in [0.25, 0.3) is 16.7 Å². The Labute approximate surface area is 186 Å². The fraction of sp³-hybridized carbons (Fsp3) is 0.160. The van der Waals surface area contributed by atoms with Crippen molar-refractivity contribution in [3.8, 4) is 11.4 Å². The van der Waals surface area contributed by atoms with Crippen molar-refractivity contribution in [2.75, 3.05) is 19.0 Å². The lowest BCUT2D eigenvalue weighted by Crippen LogP contribution is -2.32. The first-order valence-electron chi connectivity index (χ1n) is 10.2. The Hall–Kier alpha value is -4.13. The molecule has 7 heteroatoms. The largest absolute Gasteiger partial charge is 0.495 e. The molecule has 1 aromatic heterocycles. The van der Waals surface area contributed by atoms with Gasteiger partial charge in [-0.15, -0.1) is 0 Å². The maximum atomic E-state index is 12.6. The first-order chi connectivity index (χ1) is 15.5. The zero-order chi connectivity index (χ0) is 22.7. The van der Waals surface area contributed by atoms with Gasteiger partial charge in [0.1, 0.15) is 11.6 Å². The van der Waals surface area contributed by atoms with Gasteiger partial charge in [0.15, 0.2) is 0 Å². The Bertz CT molecular complexity index is 1300. The number of benzene rings is 3. The average Bonchev–Trinajstić information content (AvgIpc) is 3.13. The molecule has 0 aliphatic rings. The summed E-state index contributed by atoms with van der Waals surface area (Å²) >= 11 is 0. The van der Waals surface area contributed by atoms with Crippen LogP contribution in [0.1, 0.15) is 21.7 Å². The molecule has 3 aromatic carbocycles. The summed E-state index contributed by atoms with van der Waals surface area (Å²) in [6.45, 7) is 3.69. The molecule has 0 saturated heterocycles. The number of anilines is 1. The van der Waals surface area contributed by atoms with Crippen LogP contribution in [0.4, 0.5) is 5.69 Å². The molecule has 0 spiro atoms. The number of hydrogen-bond acceptors (Lipinski definition) is 4. The molecule has 0 saturated carbocycles. The molecule has 162 valence electrons. The van der Waals surface area contributed by atoms with Gasteiger partial charge < -0.3 is 15.4 Å². The third-order valence-corrected chi connectivity index (χ3v) is 5.14. The number of hydrogen-bond donors (Lipinski definition) is 2. The van der Waals surface area contributed by atoms with E-state index in [9.17, 15) is 9.59 Å². The number of methoxy groups -OCH3 is 1. The summed E-state index contributed by atoms with van der Waals surface area (Å²) < 4.78 is 7.31. The number of ether oxygens (including phenoxy) is 1. The number of nitrogens with one attached hydrogen (secondary N) is 2. The normalized spacial score (nSPS) is 10.7. The van der Waals surface area contributed by atoms with Crippen LogP contribution in [0.15, 0.2) is 66.7 Å². The second-order valence-electron chi connectivity index (χ2n) is 7.47. The van der Waals surface area contributed by atoms with Crippen molar-refractivity contribution < 1.29 is 14.3 Å². The molecule has 0 bridgehead atoms. The number of amides is 2. The van der Waals surface area contributed by atoms with E-state index in [1.165, 1.54) is 0 Å². The minimum absolute atomic E-state index is 0.161. The van der Waals surface area contributed by atoms with Crippen LogP contribution in [0, 0.1) is 13.8 Å². The van der Waals surface area contributed by atoms with Crippen LogP contribution < -0.4 is 15.4 Å². The lowest BCUT2D eigenvalue weighted by Gasteiger charge is -2.11. The lowest BCUT2D eigenvalue weighted by molar-refractivity contribution is -0.115. The number of nitrogens with zero attached hydrogens (tertiary/aromatic N) is 2. The highest BCUT2D eigenvalue weighted by molar-refractivity contribution is 6.01. The smallest absolute Gasteiger partial charge is 0.251 e. The van der Waals surface area contributed by atoms with Gasteiger partial charge in [0.25, 0.3) is 5.91 Å². The van der Waals surface area contributed by atoms with E-state index in [0.29, 0.717) is 22.5 Å². The van der Waals surface area contributed by atoms with Crippen molar-refractivity contribution in [2.45, 2.75) is 13.8 Å². The second kappa shape index (κ2) is 8.93. The number of imidazole rings is 1. The van der Waals surface area contributed by atoms with E-state index in [-0.39, 0.29) is 18.4 Å². The predicted molar refractivity (Wildman–Crippen MR) is 125 cm³/mol. The van der Waals surface area contributed by atoms with E-state index in [1.54, 1.807) is 25.3 Å². The molecule has 0 radical (unpaired) electrons. The number of aromatic nitrogens is 2. The van der Waals surface area contributed by atoms with Crippen LogP contribution in [0.2, 0.25) is 0 Å². The first kappa shape index (κ1) is 21.1. The zero-order valence-corrected chi connectivity index (χ0v) is 18.2. The van der Waals surface area contributed by atoms with Gasteiger partial charge in [0.05, 0.1) is 30.4 Å².